The van der Waals surface area contributed by atoms with Gasteiger partial charge in [-0.15, -0.1) is 0 Å². The van der Waals surface area contributed by atoms with Crippen LogP contribution in [0.25, 0.3) is 0 Å². The van der Waals surface area contributed by atoms with Crippen LogP contribution in [0.15, 0.2) is 35.1 Å². The maximum Gasteiger partial charge on any atom is 0.268 e. The highest BCUT2D eigenvalue weighted by Crippen LogP contribution is 2.51. The van der Waals surface area contributed by atoms with Crippen LogP contribution in [0.2, 0.25) is 0 Å². The number of benzene rings is 1. The molecule has 0 aliphatic carbocycles. The number of ether oxygens (including phenoxy) is 1. The number of hydrogen-bond donors (Lipinski definition) is 3. The first kappa shape index (κ1) is 19.4. The Hall–Kier alpha value is -2.37. The summed E-state index contributed by atoms with van der Waals surface area (Å²) in [5.74, 6) is -2.39. The van der Waals surface area contributed by atoms with Gasteiger partial charge in [0.1, 0.15) is 28.4 Å². The standard InChI is InChI=1S/C16H16F2N4O3S2/c17-8-3-1-4-9(18)11(8)15-22(12(13(19)24)14(20)26-15)10-7-21-27-16(10)25-6-2-5-23/h1,3-4,7,15,23H,2,5-6,20H2,(H2,19,24). The first-order valence-corrected chi connectivity index (χ1v) is 9.48. The number of amides is 1. The lowest BCUT2D eigenvalue weighted by molar-refractivity contribution is -0.114. The molecule has 2 heterocycles. The van der Waals surface area contributed by atoms with Crippen molar-refractivity contribution in [3.8, 4) is 5.06 Å². The molecule has 1 aromatic heterocycles. The molecule has 0 spiro atoms. The fraction of sp³-hybridized carbons (Fsp3) is 0.250. The van der Waals surface area contributed by atoms with E-state index in [9.17, 15) is 13.6 Å². The molecular weight excluding hydrogens is 398 g/mol. The summed E-state index contributed by atoms with van der Waals surface area (Å²) in [5.41, 5.74) is 11.4. The molecule has 0 bridgehead atoms. The minimum atomic E-state index is -0.995. The van der Waals surface area contributed by atoms with Crippen LogP contribution in [0.1, 0.15) is 17.4 Å². The molecule has 11 heteroatoms. The van der Waals surface area contributed by atoms with Crippen molar-refractivity contribution < 1.29 is 23.4 Å². The molecule has 0 radical (unpaired) electrons. The van der Waals surface area contributed by atoms with Crippen molar-refractivity contribution >= 4 is 34.9 Å². The van der Waals surface area contributed by atoms with Gasteiger partial charge in [-0.1, -0.05) is 17.8 Å². The van der Waals surface area contributed by atoms with Gasteiger partial charge in [-0.05, 0) is 12.1 Å². The summed E-state index contributed by atoms with van der Waals surface area (Å²) >= 11 is 1.91. The predicted molar refractivity (Wildman–Crippen MR) is 98.9 cm³/mol. The van der Waals surface area contributed by atoms with Gasteiger partial charge in [0, 0.05) is 24.6 Å². The van der Waals surface area contributed by atoms with Crippen molar-refractivity contribution in [3.05, 3.63) is 52.3 Å². The van der Waals surface area contributed by atoms with Crippen LogP contribution in [-0.2, 0) is 4.79 Å². The molecule has 0 saturated heterocycles. The molecular formula is C16H16F2N4O3S2. The van der Waals surface area contributed by atoms with E-state index >= 15 is 0 Å². The predicted octanol–water partition coefficient (Wildman–Crippen LogP) is 2.05. The Morgan fingerprint density at radius 2 is 2.07 bits per heavy atom. The minimum absolute atomic E-state index is 0.0441. The summed E-state index contributed by atoms with van der Waals surface area (Å²) in [7, 11) is 0. The normalized spacial score (nSPS) is 16.9. The average Bonchev–Trinajstić information content (AvgIpc) is 3.19. The molecule has 144 valence electrons. The van der Waals surface area contributed by atoms with Gasteiger partial charge >= 0.3 is 0 Å². The van der Waals surface area contributed by atoms with E-state index in [1.54, 1.807) is 0 Å². The number of aliphatic hydroxyl groups is 1. The second-order valence-corrected chi connectivity index (χ2v) is 7.36. The maximum atomic E-state index is 14.4. The van der Waals surface area contributed by atoms with Crippen LogP contribution < -0.4 is 21.1 Å². The quantitative estimate of drug-likeness (QED) is 0.594. The molecule has 27 heavy (non-hydrogen) atoms. The van der Waals surface area contributed by atoms with E-state index in [-0.39, 0.29) is 29.5 Å². The molecule has 0 saturated carbocycles. The summed E-state index contributed by atoms with van der Waals surface area (Å²) in [6.07, 6.45) is 1.80. The lowest BCUT2D eigenvalue weighted by Gasteiger charge is -2.27. The number of anilines is 1. The number of primary amides is 1. The number of nitrogens with two attached hydrogens (primary N) is 2. The topological polar surface area (TPSA) is 115 Å². The number of thioether (sulfide) groups is 1. The summed E-state index contributed by atoms with van der Waals surface area (Å²) < 4.78 is 38.4. The number of carbonyl (C=O) groups is 1. The zero-order valence-corrected chi connectivity index (χ0v) is 15.5. The van der Waals surface area contributed by atoms with Crippen LogP contribution in [0.4, 0.5) is 14.5 Å². The van der Waals surface area contributed by atoms with Crippen molar-refractivity contribution in [1.29, 1.82) is 0 Å². The Bertz CT molecular complexity index is 870. The van der Waals surface area contributed by atoms with E-state index in [0.717, 1.165) is 35.4 Å². The Morgan fingerprint density at radius 3 is 2.70 bits per heavy atom. The summed E-state index contributed by atoms with van der Waals surface area (Å²) in [6, 6.07) is 3.50. The minimum Gasteiger partial charge on any atom is -0.481 e. The largest absolute Gasteiger partial charge is 0.481 e. The van der Waals surface area contributed by atoms with Gasteiger partial charge in [0.15, 0.2) is 0 Å². The van der Waals surface area contributed by atoms with Gasteiger partial charge < -0.3 is 26.2 Å². The van der Waals surface area contributed by atoms with Crippen LogP contribution in [0, 0.1) is 11.6 Å². The molecule has 0 fully saturated rings. The molecule has 3 rings (SSSR count). The van der Waals surface area contributed by atoms with E-state index in [4.69, 9.17) is 21.3 Å². The maximum absolute atomic E-state index is 14.4. The molecule has 1 aliphatic heterocycles. The number of aliphatic hydroxyl groups excluding tert-OH is 1. The first-order chi connectivity index (χ1) is 13.0. The number of carbonyl (C=O) groups excluding carboxylic acids is 1. The SMILES string of the molecule is NC(=O)C1=C(N)SC(c2c(F)cccc2F)N1c1cnsc1OCCCO. The highest BCUT2D eigenvalue weighted by Gasteiger charge is 2.41. The number of halogens is 2. The van der Waals surface area contributed by atoms with Crippen LogP contribution in [0.5, 0.6) is 5.06 Å². The van der Waals surface area contributed by atoms with Gasteiger partial charge in [0.05, 0.1) is 23.4 Å². The van der Waals surface area contributed by atoms with Crippen molar-refractivity contribution in [3.63, 3.8) is 0 Å². The van der Waals surface area contributed by atoms with Crippen LogP contribution >= 0.6 is 23.3 Å². The van der Waals surface area contributed by atoms with E-state index < -0.39 is 22.9 Å². The molecule has 1 aliphatic rings. The van der Waals surface area contributed by atoms with Gasteiger partial charge in [-0.3, -0.25) is 4.79 Å². The Balaban J connectivity index is 2.07. The number of aromatic nitrogens is 1. The van der Waals surface area contributed by atoms with Gasteiger partial charge in [0.25, 0.3) is 5.91 Å². The number of hydrogen-bond acceptors (Lipinski definition) is 8. The second-order valence-electron chi connectivity index (χ2n) is 5.48. The lowest BCUT2D eigenvalue weighted by atomic mass is 10.1. The summed E-state index contributed by atoms with van der Waals surface area (Å²) in [6.45, 7) is 0.145. The van der Waals surface area contributed by atoms with Crippen molar-refractivity contribution in [2.24, 2.45) is 11.5 Å². The van der Waals surface area contributed by atoms with Crippen LogP contribution in [0.3, 0.4) is 0 Å². The van der Waals surface area contributed by atoms with Crippen molar-refractivity contribution in [1.82, 2.24) is 4.37 Å². The fourth-order valence-corrected chi connectivity index (χ4v) is 4.45. The Kier molecular flexibility index (Phi) is 5.82. The van der Waals surface area contributed by atoms with Crippen molar-refractivity contribution in [2.45, 2.75) is 11.8 Å². The highest BCUT2D eigenvalue weighted by atomic mass is 32.2. The summed E-state index contributed by atoms with van der Waals surface area (Å²) in [5, 5.41) is 8.27. The molecule has 1 unspecified atom stereocenters. The zero-order valence-electron chi connectivity index (χ0n) is 13.9. The van der Waals surface area contributed by atoms with Crippen molar-refractivity contribution in [2.75, 3.05) is 18.1 Å². The van der Waals surface area contributed by atoms with Crippen LogP contribution in [-0.4, -0.2) is 28.6 Å². The molecule has 1 aromatic carbocycles. The highest BCUT2D eigenvalue weighted by molar-refractivity contribution is 8.03. The lowest BCUT2D eigenvalue weighted by Crippen LogP contribution is -2.31. The number of rotatable bonds is 7. The molecule has 1 amide bonds. The second kappa shape index (κ2) is 8.11. The molecule has 7 nitrogen and oxygen atoms in total. The molecule has 2 aromatic rings. The van der Waals surface area contributed by atoms with Gasteiger partial charge in [-0.2, -0.15) is 4.37 Å². The van der Waals surface area contributed by atoms with Gasteiger partial charge in [0.2, 0.25) is 5.06 Å². The first-order valence-electron chi connectivity index (χ1n) is 7.83. The third-order valence-electron chi connectivity index (χ3n) is 3.74. The molecule has 1 atom stereocenters. The fourth-order valence-electron chi connectivity index (χ4n) is 2.60. The third kappa shape index (κ3) is 3.70. The smallest absolute Gasteiger partial charge is 0.268 e. The van der Waals surface area contributed by atoms with E-state index in [1.165, 1.54) is 17.2 Å². The van der Waals surface area contributed by atoms with E-state index in [0.29, 0.717) is 17.2 Å². The van der Waals surface area contributed by atoms with Gasteiger partial charge in [-0.25, -0.2) is 8.78 Å². The summed E-state index contributed by atoms with van der Waals surface area (Å²) in [4.78, 5) is 13.3. The Labute approximate surface area is 161 Å². The zero-order chi connectivity index (χ0) is 19.6. The van der Waals surface area contributed by atoms with E-state index in [1.807, 2.05) is 0 Å². The molecule has 5 N–H and O–H groups in total. The number of nitrogens with zero attached hydrogens (tertiary/aromatic N) is 2. The monoisotopic (exact) mass is 414 g/mol. The average molecular weight is 414 g/mol. The third-order valence-corrected chi connectivity index (χ3v) is 5.56. The van der Waals surface area contributed by atoms with E-state index in [2.05, 4.69) is 4.37 Å². The Morgan fingerprint density at radius 1 is 1.37 bits per heavy atom.